The van der Waals surface area contributed by atoms with Crippen LogP contribution in [-0.4, -0.2) is 90.7 Å². The zero-order valence-corrected chi connectivity index (χ0v) is 24.1. The average Bonchev–Trinajstić information content (AvgIpc) is 3.50. The number of rotatable bonds is 8. The lowest BCUT2D eigenvalue weighted by Crippen LogP contribution is -2.51. The number of carboxylic acid groups (broad SMARTS) is 1. The van der Waals surface area contributed by atoms with Crippen LogP contribution in [0.25, 0.3) is 0 Å². The Hall–Kier alpha value is -3.32. The Labute approximate surface area is 247 Å². The van der Waals surface area contributed by atoms with Crippen LogP contribution in [0.15, 0.2) is 48.5 Å². The molecule has 43 heavy (non-hydrogen) atoms. The first-order valence-corrected chi connectivity index (χ1v) is 14.1. The van der Waals surface area contributed by atoms with Crippen LogP contribution < -0.4 is 4.74 Å². The highest BCUT2D eigenvalue weighted by Gasteiger charge is 2.38. The van der Waals surface area contributed by atoms with Crippen molar-refractivity contribution in [3.63, 3.8) is 0 Å². The predicted octanol–water partition coefficient (Wildman–Crippen LogP) is 6.11. The molecule has 1 N–H and O–H groups in total. The summed E-state index contributed by atoms with van der Waals surface area (Å²) in [6.07, 6.45) is -3.97. The number of nitrogens with zero attached hydrogens (tertiary/aromatic N) is 3. The molecule has 1 heterocycles. The SMILES string of the molecule is CN(C)CCC(Oc1ccc(C(F)(F)F)cc1)c1ccc(C(=O)N2CCN(C3CCCC3)CC2)cc1.O=C(O)C(F)(F)F. The number of amides is 1. The zero-order valence-electron chi connectivity index (χ0n) is 24.1. The van der Waals surface area contributed by atoms with Crippen LogP contribution in [-0.2, 0) is 11.0 Å². The average molecular weight is 618 g/mol. The number of aliphatic carboxylic acids is 1. The van der Waals surface area contributed by atoms with Gasteiger partial charge in [0.15, 0.2) is 0 Å². The van der Waals surface area contributed by atoms with E-state index >= 15 is 0 Å². The third kappa shape index (κ3) is 10.4. The summed E-state index contributed by atoms with van der Waals surface area (Å²) in [5.74, 6) is -2.33. The summed E-state index contributed by atoms with van der Waals surface area (Å²) < 4.78 is 76.5. The Morgan fingerprint density at radius 1 is 0.907 bits per heavy atom. The number of benzene rings is 2. The molecule has 2 aliphatic rings. The highest BCUT2D eigenvalue weighted by atomic mass is 19.4. The van der Waals surface area contributed by atoms with E-state index in [1.54, 1.807) is 0 Å². The van der Waals surface area contributed by atoms with Gasteiger partial charge in [-0.05, 0) is 68.9 Å². The molecule has 2 aromatic rings. The van der Waals surface area contributed by atoms with Crippen LogP contribution in [0.4, 0.5) is 26.3 Å². The van der Waals surface area contributed by atoms with Crippen molar-refractivity contribution in [2.75, 3.05) is 46.8 Å². The number of halogens is 6. The van der Waals surface area contributed by atoms with Crippen molar-refractivity contribution < 1.29 is 45.8 Å². The van der Waals surface area contributed by atoms with Crippen molar-refractivity contribution in [1.82, 2.24) is 14.7 Å². The Bertz CT molecular complexity index is 1170. The van der Waals surface area contributed by atoms with E-state index in [-0.39, 0.29) is 12.0 Å². The Morgan fingerprint density at radius 3 is 1.91 bits per heavy atom. The van der Waals surface area contributed by atoms with Gasteiger partial charge < -0.3 is 19.6 Å². The molecular weight excluding hydrogens is 580 g/mol. The zero-order chi connectivity index (χ0) is 31.8. The van der Waals surface area contributed by atoms with Crippen LogP contribution >= 0.6 is 0 Å². The molecule has 0 radical (unpaired) electrons. The molecule has 2 fully saturated rings. The number of hydrogen-bond acceptors (Lipinski definition) is 5. The van der Waals surface area contributed by atoms with E-state index in [0.29, 0.717) is 23.8 Å². The van der Waals surface area contributed by atoms with Crippen LogP contribution in [0.1, 0.15) is 59.7 Å². The van der Waals surface area contributed by atoms with E-state index in [1.807, 2.05) is 48.2 Å². The van der Waals surface area contributed by atoms with Crippen molar-refractivity contribution in [1.29, 1.82) is 0 Å². The van der Waals surface area contributed by atoms with E-state index in [4.69, 9.17) is 14.6 Å². The molecule has 0 bridgehead atoms. The van der Waals surface area contributed by atoms with E-state index in [9.17, 15) is 31.1 Å². The molecule has 1 amide bonds. The van der Waals surface area contributed by atoms with E-state index in [0.717, 1.165) is 50.4 Å². The lowest BCUT2D eigenvalue weighted by molar-refractivity contribution is -0.192. The summed E-state index contributed by atoms with van der Waals surface area (Å²) in [5, 5.41) is 7.12. The number of ether oxygens (including phenoxy) is 1. The molecule has 2 aromatic carbocycles. The smallest absolute Gasteiger partial charge is 0.486 e. The molecule has 1 aliphatic carbocycles. The second kappa shape index (κ2) is 14.9. The molecule has 1 saturated carbocycles. The molecule has 1 unspecified atom stereocenters. The summed E-state index contributed by atoms with van der Waals surface area (Å²) in [6.45, 7) is 4.11. The highest BCUT2D eigenvalue weighted by Crippen LogP contribution is 2.32. The van der Waals surface area contributed by atoms with Gasteiger partial charge in [-0.3, -0.25) is 9.69 Å². The number of piperazine rings is 1. The number of carboxylic acids is 1. The van der Waals surface area contributed by atoms with Gasteiger partial charge in [0.05, 0.1) is 5.56 Å². The fourth-order valence-electron chi connectivity index (χ4n) is 5.14. The second-order valence-corrected chi connectivity index (χ2v) is 10.9. The predicted molar refractivity (Wildman–Crippen MR) is 148 cm³/mol. The van der Waals surface area contributed by atoms with Crippen molar-refractivity contribution in [2.24, 2.45) is 0 Å². The van der Waals surface area contributed by atoms with E-state index in [2.05, 4.69) is 4.90 Å². The monoisotopic (exact) mass is 617 g/mol. The summed E-state index contributed by atoms with van der Waals surface area (Å²) in [5.41, 5.74) is 0.833. The number of carbonyl (C=O) groups excluding carboxylic acids is 1. The first kappa shape index (κ1) is 34.2. The normalized spacial score (nSPS) is 17.4. The Kier molecular flexibility index (Phi) is 11.9. The first-order chi connectivity index (χ1) is 20.1. The Balaban J connectivity index is 0.000000646. The van der Waals surface area contributed by atoms with Gasteiger partial charge in [0.1, 0.15) is 11.9 Å². The maximum atomic E-state index is 13.1. The van der Waals surface area contributed by atoms with Crippen molar-refractivity contribution in [3.05, 3.63) is 65.2 Å². The minimum absolute atomic E-state index is 0.0427. The second-order valence-electron chi connectivity index (χ2n) is 10.9. The van der Waals surface area contributed by atoms with Gasteiger partial charge in [-0.15, -0.1) is 0 Å². The minimum atomic E-state index is -5.08. The minimum Gasteiger partial charge on any atom is -0.486 e. The van der Waals surface area contributed by atoms with E-state index < -0.39 is 23.9 Å². The largest absolute Gasteiger partial charge is 0.490 e. The van der Waals surface area contributed by atoms with Gasteiger partial charge >= 0.3 is 18.3 Å². The lowest BCUT2D eigenvalue weighted by Gasteiger charge is -2.38. The highest BCUT2D eigenvalue weighted by molar-refractivity contribution is 5.94. The van der Waals surface area contributed by atoms with Crippen molar-refractivity contribution in [3.8, 4) is 5.75 Å². The molecular formula is C30H37F6N3O4. The molecule has 1 atom stereocenters. The molecule has 1 aliphatic heterocycles. The van der Waals surface area contributed by atoms with Crippen LogP contribution in [0, 0.1) is 0 Å². The summed E-state index contributed by atoms with van der Waals surface area (Å²) >= 11 is 0. The number of carbonyl (C=O) groups is 2. The van der Waals surface area contributed by atoms with E-state index in [1.165, 1.54) is 37.8 Å². The molecule has 13 heteroatoms. The number of alkyl halides is 6. The molecule has 1 saturated heterocycles. The Morgan fingerprint density at radius 2 is 1.44 bits per heavy atom. The van der Waals surface area contributed by atoms with Gasteiger partial charge in [-0.25, -0.2) is 4.79 Å². The maximum absolute atomic E-state index is 13.1. The topological polar surface area (TPSA) is 73.3 Å². The van der Waals surface area contributed by atoms with Crippen molar-refractivity contribution in [2.45, 2.75) is 56.6 Å². The summed E-state index contributed by atoms with van der Waals surface area (Å²) in [6, 6.07) is 12.9. The lowest BCUT2D eigenvalue weighted by atomic mass is 10.0. The van der Waals surface area contributed by atoms with Crippen molar-refractivity contribution >= 4 is 11.9 Å². The summed E-state index contributed by atoms with van der Waals surface area (Å²) in [7, 11) is 3.92. The quantitative estimate of drug-likeness (QED) is 0.361. The van der Waals surface area contributed by atoms with Gasteiger partial charge in [0.2, 0.25) is 0 Å². The fourth-order valence-corrected chi connectivity index (χ4v) is 5.14. The first-order valence-electron chi connectivity index (χ1n) is 14.1. The molecule has 4 rings (SSSR count). The standard InChI is InChI=1S/C28H36F3N3O2.C2HF3O2/c1-32(2)16-15-26(36-25-13-11-23(12-14-25)28(29,30)31)21-7-9-22(10-8-21)27(35)34-19-17-33(18-20-34)24-5-3-4-6-24;3-2(4,5)1(6)7/h7-14,24,26H,3-6,15-20H2,1-2H3;(H,6,7). The van der Waals surface area contributed by atoms with Gasteiger partial charge in [0, 0.05) is 50.7 Å². The van der Waals surface area contributed by atoms with Gasteiger partial charge in [0.25, 0.3) is 5.91 Å². The molecule has 0 aromatic heterocycles. The van der Waals surface area contributed by atoms with Crippen LogP contribution in [0.2, 0.25) is 0 Å². The third-order valence-corrected chi connectivity index (χ3v) is 7.51. The molecule has 7 nitrogen and oxygen atoms in total. The molecule has 0 spiro atoms. The fraction of sp³-hybridized carbons (Fsp3) is 0.533. The maximum Gasteiger partial charge on any atom is 0.490 e. The third-order valence-electron chi connectivity index (χ3n) is 7.51. The van der Waals surface area contributed by atoms with Crippen LogP contribution in [0.5, 0.6) is 5.75 Å². The van der Waals surface area contributed by atoms with Crippen LogP contribution in [0.3, 0.4) is 0 Å². The van der Waals surface area contributed by atoms with Gasteiger partial charge in [-0.1, -0.05) is 25.0 Å². The number of hydrogen-bond donors (Lipinski definition) is 1. The summed E-state index contributed by atoms with van der Waals surface area (Å²) in [4.78, 5) is 28.5. The molecule has 238 valence electrons. The van der Waals surface area contributed by atoms with Gasteiger partial charge in [-0.2, -0.15) is 26.3 Å².